The quantitative estimate of drug-likeness (QED) is 0.664. The minimum Gasteiger partial charge on any atom is -0.495 e. The fourth-order valence-electron chi connectivity index (χ4n) is 1.70. The molecule has 0 aliphatic carbocycles. The predicted molar refractivity (Wildman–Crippen MR) is 84.9 cm³/mol. The minimum atomic E-state index is -0.184. The topological polar surface area (TPSA) is 98.6 Å². The van der Waals surface area contributed by atoms with Crippen molar-refractivity contribution >= 4 is 11.6 Å². The highest BCUT2D eigenvalue weighted by molar-refractivity contribution is 5.93. The van der Waals surface area contributed by atoms with Crippen molar-refractivity contribution in [3.63, 3.8) is 0 Å². The summed E-state index contributed by atoms with van der Waals surface area (Å²) < 4.78 is 10.4. The number of nitrogens with zero attached hydrogens (tertiary/aromatic N) is 3. The van der Waals surface area contributed by atoms with E-state index < -0.39 is 0 Å². The molecule has 3 N–H and O–H groups in total. The van der Waals surface area contributed by atoms with Crippen molar-refractivity contribution in [1.82, 2.24) is 10.1 Å². The molecule has 0 spiro atoms. The summed E-state index contributed by atoms with van der Waals surface area (Å²) in [5.74, 6) is 2.02. The second-order valence-electron chi connectivity index (χ2n) is 5.79. The molecule has 7 heteroatoms. The van der Waals surface area contributed by atoms with E-state index in [0.29, 0.717) is 17.5 Å². The van der Waals surface area contributed by atoms with Gasteiger partial charge in [0.25, 0.3) is 0 Å². The number of nitrogens with two attached hydrogens (primary N) is 1. The normalized spacial score (nSPS) is 12.3. The smallest absolute Gasteiger partial charge is 0.232 e. The number of hydrogen-bond donors (Lipinski definition) is 2. The van der Waals surface area contributed by atoms with E-state index in [1.165, 1.54) is 0 Å². The van der Waals surface area contributed by atoms with Crippen molar-refractivity contribution in [2.75, 3.05) is 12.4 Å². The van der Waals surface area contributed by atoms with Gasteiger partial charge in [-0.2, -0.15) is 4.98 Å². The molecule has 2 aromatic rings. The summed E-state index contributed by atoms with van der Waals surface area (Å²) in [6, 6.07) is 7.45. The molecule has 0 atom stereocenters. The molecule has 0 aliphatic heterocycles. The summed E-state index contributed by atoms with van der Waals surface area (Å²) in [5, 5.41) is 6.88. The first-order valence-electron chi connectivity index (χ1n) is 6.93. The van der Waals surface area contributed by atoms with E-state index in [1.807, 2.05) is 45.0 Å². The van der Waals surface area contributed by atoms with Crippen LogP contribution in [0.2, 0.25) is 0 Å². The third-order valence-electron chi connectivity index (χ3n) is 2.87. The first kappa shape index (κ1) is 15.8. The molecule has 0 fully saturated rings. The Labute approximate surface area is 129 Å². The first-order valence-corrected chi connectivity index (χ1v) is 6.93. The van der Waals surface area contributed by atoms with Crippen molar-refractivity contribution in [1.29, 1.82) is 0 Å². The maximum absolute atomic E-state index is 5.87. The van der Waals surface area contributed by atoms with Gasteiger partial charge in [0.15, 0.2) is 11.8 Å². The lowest BCUT2D eigenvalue weighted by molar-refractivity contribution is 0.318. The molecule has 1 aromatic heterocycles. The van der Waals surface area contributed by atoms with E-state index in [-0.39, 0.29) is 17.9 Å². The maximum Gasteiger partial charge on any atom is 0.232 e. The van der Waals surface area contributed by atoms with Crippen LogP contribution in [0.5, 0.6) is 5.75 Å². The van der Waals surface area contributed by atoms with Crippen LogP contribution < -0.4 is 15.8 Å². The number of para-hydroxylation sites is 2. The molecule has 1 aromatic carbocycles. The van der Waals surface area contributed by atoms with Gasteiger partial charge in [0.1, 0.15) is 12.3 Å². The van der Waals surface area contributed by atoms with Crippen LogP contribution >= 0.6 is 0 Å². The molecule has 118 valence electrons. The zero-order valence-corrected chi connectivity index (χ0v) is 13.3. The molecule has 0 saturated carbocycles. The molecule has 1 heterocycles. The van der Waals surface area contributed by atoms with Gasteiger partial charge in [0.2, 0.25) is 5.89 Å². The molecule has 0 bridgehead atoms. The summed E-state index contributed by atoms with van der Waals surface area (Å²) in [4.78, 5) is 8.50. The Hall–Kier alpha value is -2.57. The number of methoxy groups -OCH3 is 1. The fraction of sp³-hybridized carbons (Fsp3) is 0.400. The number of hydrogen-bond acceptors (Lipinski definition) is 5. The van der Waals surface area contributed by atoms with Crippen LogP contribution in [-0.2, 0) is 12.0 Å². The minimum absolute atomic E-state index is 0.184. The van der Waals surface area contributed by atoms with Gasteiger partial charge >= 0.3 is 0 Å². The molecular formula is C15H21N5O2. The Bertz CT molecular complexity index is 658. The maximum atomic E-state index is 5.87. The molecule has 0 saturated heterocycles. The van der Waals surface area contributed by atoms with E-state index in [2.05, 4.69) is 20.4 Å². The van der Waals surface area contributed by atoms with Gasteiger partial charge in [-0.3, -0.25) is 0 Å². The van der Waals surface area contributed by atoms with Crippen LogP contribution in [0, 0.1) is 0 Å². The third kappa shape index (κ3) is 3.97. The van der Waals surface area contributed by atoms with E-state index in [0.717, 1.165) is 5.69 Å². The lowest BCUT2D eigenvalue weighted by Crippen LogP contribution is -2.23. The van der Waals surface area contributed by atoms with Crippen LogP contribution in [0.3, 0.4) is 0 Å². The average Bonchev–Trinajstić information content (AvgIpc) is 2.95. The number of aromatic nitrogens is 2. The molecule has 0 amide bonds. The Morgan fingerprint density at radius 2 is 2.09 bits per heavy atom. The summed E-state index contributed by atoms with van der Waals surface area (Å²) >= 11 is 0. The molecule has 22 heavy (non-hydrogen) atoms. The van der Waals surface area contributed by atoms with Crippen molar-refractivity contribution in [2.24, 2.45) is 10.7 Å². The van der Waals surface area contributed by atoms with Crippen LogP contribution in [0.25, 0.3) is 0 Å². The van der Waals surface area contributed by atoms with E-state index in [9.17, 15) is 0 Å². The number of anilines is 1. The number of guanidine groups is 1. The monoisotopic (exact) mass is 303 g/mol. The standard InChI is InChI=1S/C15H21N5O2/c1-15(2,3)13-19-12(20-22-13)9-17-14(16)18-10-7-5-6-8-11(10)21-4/h5-8H,9H2,1-4H3,(H3,16,17,18). The lowest BCUT2D eigenvalue weighted by atomic mass is 9.97. The molecular weight excluding hydrogens is 282 g/mol. The highest BCUT2D eigenvalue weighted by Crippen LogP contribution is 2.22. The highest BCUT2D eigenvalue weighted by atomic mass is 16.5. The third-order valence-corrected chi connectivity index (χ3v) is 2.87. The van der Waals surface area contributed by atoms with Gasteiger partial charge in [-0.15, -0.1) is 0 Å². The number of rotatable bonds is 4. The van der Waals surface area contributed by atoms with Gasteiger partial charge < -0.3 is 20.3 Å². The largest absolute Gasteiger partial charge is 0.495 e. The van der Waals surface area contributed by atoms with E-state index >= 15 is 0 Å². The van der Waals surface area contributed by atoms with Gasteiger partial charge in [-0.25, -0.2) is 4.99 Å². The van der Waals surface area contributed by atoms with Crippen LogP contribution in [0.15, 0.2) is 33.8 Å². The molecule has 2 rings (SSSR count). The summed E-state index contributed by atoms with van der Waals surface area (Å²) in [5.41, 5.74) is 6.43. The Kier molecular flexibility index (Phi) is 4.65. The van der Waals surface area contributed by atoms with E-state index in [4.69, 9.17) is 15.0 Å². The molecule has 0 aliphatic rings. The predicted octanol–water partition coefficient (Wildman–Crippen LogP) is 2.30. The van der Waals surface area contributed by atoms with Crippen molar-refractivity contribution in [3.05, 3.63) is 36.0 Å². The Morgan fingerprint density at radius 1 is 1.36 bits per heavy atom. The van der Waals surface area contributed by atoms with Crippen LogP contribution in [0.4, 0.5) is 5.69 Å². The SMILES string of the molecule is COc1ccccc1NC(N)=NCc1noc(C(C)(C)C)n1. The number of benzene rings is 1. The van der Waals surface area contributed by atoms with Gasteiger partial charge in [0.05, 0.1) is 12.8 Å². The fourth-order valence-corrected chi connectivity index (χ4v) is 1.70. The highest BCUT2D eigenvalue weighted by Gasteiger charge is 2.21. The second kappa shape index (κ2) is 6.46. The van der Waals surface area contributed by atoms with Crippen molar-refractivity contribution in [3.8, 4) is 5.75 Å². The zero-order chi connectivity index (χ0) is 16.2. The van der Waals surface area contributed by atoms with Crippen molar-refractivity contribution in [2.45, 2.75) is 32.7 Å². The van der Waals surface area contributed by atoms with Gasteiger partial charge in [-0.05, 0) is 12.1 Å². The Balaban J connectivity index is 2.02. The van der Waals surface area contributed by atoms with Crippen LogP contribution in [-0.4, -0.2) is 23.2 Å². The summed E-state index contributed by atoms with van der Waals surface area (Å²) in [7, 11) is 1.60. The first-order chi connectivity index (χ1) is 10.4. The average molecular weight is 303 g/mol. The van der Waals surface area contributed by atoms with Crippen LogP contribution in [0.1, 0.15) is 32.5 Å². The zero-order valence-electron chi connectivity index (χ0n) is 13.3. The second-order valence-corrected chi connectivity index (χ2v) is 5.79. The number of aliphatic imine (C=N–C) groups is 1. The Morgan fingerprint density at radius 3 is 2.73 bits per heavy atom. The van der Waals surface area contributed by atoms with Gasteiger partial charge in [0, 0.05) is 5.41 Å². The number of nitrogens with one attached hydrogen (secondary N) is 1. The summed E-state index contributed by atoms with van der Waals surface area (Å²) in [6.07, 6.45) is 0. The number of ether oxygens (including phenoxy) is 1. The van der Waals surface area contributed by atoms with Gasteiger partial charge in [-0.1, -0.05) is 38.1 Å². The molecule has 0 unspecified atom stereocenters. The lowest BCUT2D eigenvalue weighted by Gasteiger charge is -2.10. The van der Waals surface area contributed by atoms with E-state index in [1.54, 1.807) is 7.11 Å². The molecule has 7 nitrogen and oxygen atoms in total. The summed E-state index contributed by atoms with van der Waals surface area (Å²) in [6.45, 7) is 6.26. The molecule has 0 radical (unpaired) electrons. The van der Waals surface area contributed by atoms with Crippen molar-refractivity contribution < 1.29 is 9.26 Å².